The number of pyridine rings is 1. The Balaban J connectivity index is 2.27. The number of halogens is 2. The molecule has 1 atom stereocenters. The van der Waals surface area contributed by atoms with Gasteiger partial charge in [0.05, 0.1) is 11.7 Å². The molecule has 0 aliphatic heterocycles. The summed E-state index contributed by atoms with van der Waals surface area (Å²) in [5.74, 6) is 0.955. The van der Waals surface area contributed by atoms with Gasteiger partial charge in [-0.15, -0.1) is 0 Å². The molecule has 2 rings (SSSR count). The Morgan fingerprint density at radius 3 is 2.65 bits per heavy atom. The Bertz CT molecular complexity index is 582. The van der Waals surface area contributed by atoms with E-state index in [1.165, 1.54) is 0 Å². The lowest BCUT2D eigenvalue weighted by Crippen LogP contribution is -2.23. The molecule has 2 aromatic rings. The molecule has 0 radical (unpaired) electrons. The average molecular weight is 403 g/mol. The number of rotatable bonds is 5. The largest absolute Gasteiger partial charge is 0.311 e. The maximum atomic E-state index is 4.49. The van der Waals surface area contributed by atoms with Crippen LogP contribution in [0.25, 0.3) is 0 Å². The molecule has 0 aromatic carbocycles. The molecule has 2 aromatic heterocycles. The summed E-state index contributed by atoms with van der Waals surface area (Å²) in [4.78, 5) is 8.85. The normalized spacial score (nSPS) is 12.9. The maximum absolute atomic E-state index is 4.49. The maximum Gasteiger partial charge on any atom is 0.138 e. The monoisotopic (exact) mass is 401 g/mol. The van der Waals surface area contributed by atoms with E-state index in [0.29, 0.717) is 6.04 Å². The van der Waals surface area contributed by atoms with E-state index in [4.69, 9.17) is 0 Å². The highest BCUT2D eigenvalue weighted by Crippen LogP contribution is 2.26. The molecule has 0 aliphatic rings. The zero-order valence-corrected chi connectivity index (χ0v) is 14.8. The second kappa shape index (κ2) is 6.78. The van der Waals surface area contributed by atoms with Crippen LogP contribution in [0.5, 0.6) is 0 Å². The van der Waals surface area contributed by atoms with Crippen LogP contribution in [-0.4, -0.2) is 26.8 Å². The number of nitrogens with one attached hydrogen (secondary N) is 1. The lowest BCUT2D eigenvalue weighted by molar-refractivity contribution is 0.473. The van der Waals surface area contributed by atoms with Crippen molar-refractivity contribution in [2.45, 2.75) is 32.4 Å². The molecule has 7 heteroatoms. The summed E-state index contributed by atoms with van der Waals surface area (Å²) < 4.78 is 3.87. The minimum atomic E-state index is 0.0826. The molecule has 108 valence electrons. The standard InChI is InChI=1S/C13H17Br2N5/c1-8(2)20-12(18-7-19-20)5-11(16-3)13-10(15)4-9(14)6-17-13/h4,6-8,11,16H,5H2,1-3H3. The van der Waals surface area contributed by atoms with Crippen molar-refractivity contribution >= 4 is 31.9 Å². The van der Waals surface area contributed by atoms with Gasteiger partial charge in [-0.3, -0.25) is 4.98 Å². The number of likely N-dealkylation sites (N-methyl/N-ethyl adjacent to an activating group) is 1. The van der Waals surface area contributed by atoms with Gasteiger partial charge in [0.25, 0.3) is 0 Å². The van der Waals surface area contributed by atoms with Crippen molar-refractivity contribution in [3.8, 4) is 0 Å². The van der Waals surface area contributed by atoms with Gasteiger partial charge in [-0.2, -0.15) is 5.10 Å². The lowest BCUT2D eigenvalue weighted by Gasteiger charge is -2.18. The van der Waals surface area contributed by atoms with Gasteiger partial charge in [-0.1, -0.05) is 0 Å². The summed E-state index contributed by atoms with van der Waals surface area (Å²) in [6.45, 7) is 4.20. The minimum Gasteiger partial charge on any atom is -0.311 e. The topological polar surface area (TPSA) is 55.6 Å². The summed E-state index contributed by atoms with van der Waals surface area (Å²) in [6.07, 6.45) is 4.14. The number of hydrogen-bond donors (Lipinski definition) is 1. The van der Waals surface area contributed by atoms with Crippen LogP contribution in [0.15, 0.2) is 27.5 Å². The number of nitrogens with zero attached hydrogens (tertiary/aromatic N) is 4. The van der Waals surface area contributed by atoms with Gasteiger partial charge in [0.1, 0.15) is 12.2 Å². The Morgan fingerprint density at radius 2 is 2.05 bits per heavy atom. The molecule has 0 saturated carbocycles. The van der Waals surface area contributed by atoms with Crippen LogP contribution in [0.3, 0.4) is 0 Å². The van der Waals surface area contributed by atoms with Crippen molar-refractivity contribution in [1.29, 1.82) is 0 Å². The molecular weight excluding hydrogens is 386 g/mol. The highest BCUT2D eigenvalue weighted by molar-refractivity contribution is 9.11. The van der Waals surface area contributed by atoms with E-state index in [-0.39, 0.29) is 6.04 Å². The van der Waals surface area contributed by atoms with Crippen molar-refractivity contribution in [2.24, 2.45) is 0 Å². The van der Waals surface area contributed by atoms with E-state index >= 15 is 0 Å². The molecule has 0 fully saturated rings. The first kappa shape index (κ1) is 15.6. The predicted molar refractivity (Wildman–Crippen MR) is 85.5 cm³/mol. The molecule has 1 N–H and O–H groups in total. The van der Waals surface area contributed by atoms with Gasteiger partial charge in [0.15, 0.2) is 0 Å². The van der Waals surface area contributed by atoms with E-state index in [0.717, 1.165) is 26.9 Å². The molecule has 0 spiro atoms. The minimum absolute atomic E-state index is 0.0826. The highest BCUT2D eigenvalue weighted by Gasteiger charge is 2.19. The third kappa shape index (κ3) is 3.45. The SMILES string of the molecule is CNC(Cc1ncnn1C(C)C)c1ncc(Br)cc1Br. The van der Waals surface area contributed by atoms with Gasteiger partial charge < -0.3 is 5.32 Å². The summed E-state index contributed by atoms with van der Waals surface area (Å²) in [7, 11) is 1.93. The van der Waals surface area contributed by atoms with Gasteiger partial charge >= 0.3 is 0 Å². The molecule has 0 bridgehead atoms. The zero-order chi connectivity index (χ0) is 14.7. The molecule has 0 saturated heterocycles. The number of aromatic nitrogens is 4. The molecule has 0 aliphatic carbocycles. The fourth-order valence-corrected chi connectivity index (χ4v) is 3.31. The number of hydrogen-bond acceptors (Lipinski definition) is 4. The quantitative estimate of drug-likeness (QED) is 0.833. The molecular formula is C13H17Br2N5. The van der Waals surface area contributed by atoms with E-state index < -0.39 is 0 Å². The van der Waals surface area contributed by atoms with Gasteiger partial charge in [-0.25, -0.2) is 9.67 Å². The molecule has 5 nitrogen and oxygen atoms in total. The van der Waals surface area contributed by atoms with Crippen LogP contribution >= 0.6 is 31.9 Å². The lowest BCUT2D eigenvalue weighted by atomic mass is 10.1. The van der Waals surface area contributed by atoms with Gasteiger partial charge in [-0.05, 0) is 58.8 Å². The summed E-state index contributed by atoms with van der Waals surface area (Å²) in [5, 5.41) is 7.57. The fraction of sp³-hybridized carbons (Fsp3) is 0.462. The van der Waals surface area contributed by atoms with Crippen molar-refractivity contribution in [1.82, 2.24) is 25.1 Å². The Labute approximate surface area is 135 Å². The van der Waals surface area contributed by atoms with E-state index in [1.54, 1.807) is 12.5 Å². The second-order valence-electron chi connectivity index (χ2n) is 4.78. The Morgan fingerprint density at radius 1 is 1.30 bits per heavy atom. The van der Waals surface area contributed by atoms with Crippen LogP contribution in [-0.2, 0) is 6.42 Å². The Hall–Kier alpha value is -0.790. The third-order valence-electron chi connectivity index (χ3n) is 3.04. The third-order valence-corrected chi connectivity index (χ3v) is 4.11. The van der Waals surface area contributed by atoms with Crippen molar-refractivity contribution in [3.63, 3.8) is 0 Å². The van der Waals surface area contributed by atoms with Gasteiger partial charge in [0.2, 0.25) is 0 Å². The van der Waals surface area contributed by atoms with Crippen molar-refractivity contribution in [3.05, 3.63) is 39.1 Å². The van der Waals surface area contributed by atoms with E-state index in [9.17, 15) is 0 Å². The smallest absolute Gasteiger partial charge is 0.138 e. The van der Waals surface area contributed by atoms with Crippen LogP contribution < -0.4 is 5.32 Å². The first-order valence-electron chi connectivity index (χ1n) is 6.39. The average Bonchev–Trinajstić information content (AvgIpc) is 2.85. The van der Waals surface area contributed by atoms with Crippen LogP contribution in [0, 0.1) is 0 Å². The first-order valence-corrected chi connectivity index (χ1v) is 7.98. The van der Waals surface area contributed by atoms with Crippen molar-refractivity contribution in [2.75, 3.05) is 7.05 Å². The predicted octanol–water partition coefficient (Wildman–Crippen LogP) is 3.28. The molecule has 1 unspecified atom stereocenters. The zero-order valence-electron chi connectivity index (χ0n) is 11.6. The van der Waals surface area contributed by atoms with E-state index in [1.807, 2.05) is 17.8 Å². The van der Waals surface area contributed by atoms with E-state index in [2.05, 4.69) is 66.1 Å². The van der Waals surface area contributed by atoms with Crippen molar-refractivity contribution < 1.29 is 0 Å². The highest BCUT2D eigenvalue weighted by atomic mass is 79.9. The molecule has 20 heavy (non-hydrogen) atoms. The van der Waals surface area contributed by atoms with Crippen LogP contribution in [0.4, 0.5) is 0 Å². The second-order valence-corrected chi connectivity index (χ2v) is 6.55. The van der Waals surface area contributed by atoms with Crippen LogP contribution in [0.2, 0.25) is 0 Å². The molecule has 0 amide bonds. The summed E-state index contributed by atoms with van der Waals surface area (Å²) in [5.41, 5.74) is 0.967. The summed E-state index contributed by atoms with van der Waals surface area (Å²) >= 11 is 6.98. The molecule has 2 heterocycles. The van der Waals surface area contributed by atoms with Crippen LogP contribution in [0.1, 0.15) is 37.4 Å². The summed E-state index contributed by atoms with van der Waals surface area (Å²) in [6, 6.07) is 2.38. The Kier molecular flexibility index (Phi) is 5.29. The first-order chi connectivity index (χ1) is 9.52. The fourth-order valence-electron chi connectivity index (χ4n) is 2.05. The van der Waals surface area contributed by atoms with Gasteiger partial charge in [0, 0.05) is 27.6 Å².